The first-order valence-corrected chi connectivity index (χ1v) is 9.05. The first kappa shape index (κ1) is 17.1. The minimum Gasteiger partial charge on any atom is -0.481 e. The van der Waals surface area contributed by atoms with Crippen molar-refractivity contribution in [2.24, 2.45) is 5.92 Å². The molecule has 0 bridgehead atoms. The normalized spacial score (nSPS) is 14.1. The highest BCUT2D eigenvalue weighted by molar-refractivity contribution is 9.42. The van der Waals surface area contributed by atoms with Crippen molar-refractivity contribution in [3.63, 3.8) is 0 Å². The lowest BCUT2D eigenvalue weighted by Crippen LogP contribution is -2.21. The standard InChI is InChI=1S/C11H11Br3O4S/c1-7(10(15)16)6-8-4-2-3-5-9(8)19(17,18)11(12,13)14/h2-5,7H,6H2,1H3,(H,15,16). The maximum Gasteiger partial charge on any atom is 0.306 e. The van der Waals surface area contributed by atoms with Crippen molar-refractivity contribution in [1.82, 2.24) is 0 Å². The molecule has 1 N–H and O–H groups in total. The fourth-order valence-electron chi connectivity index (χ4n) is 1.48. The molecule has 1 rings (SSSR count). The highest BCUT2D eigenvalue weighted by atomic mass is 80.0. The molecule has 1 aromatic carbocycles. The van der Waals surface area contributed by atoms with Crippen molar-refractivity contribution in [2.75, 3.05) is 0 Å². The molecule has 0 heterocycles. The third-order valence-corrected chi connectivity index (χ3v) is 7.94. The Labute approximate surface area is 136 Å². The highest BCUT2D eigenvalue weighted by Crippen LogP contribution is 2.44. The predicted octanol–water partition coefficient (Wildman–Crippen LogP) is 3.52. The van der Waals surface area contributed by atoms with E-state index in [1.807, 2.05) is 0 Å². The lowest BCUT2D eigenvalue weighted by atomic mass is 10.0. The number of alkyl halides is 3. The van der Waals surface area contributed by atoms with Gasteiger partial charge in [-0.25, -0.2) is 8.42 Å². The number of rotatable bonds is 4. The van der Waals surface area contributed by atoms with Gasteiger partial charge in [-0.2, -0.15) is 0 Å². The molecule has 8 heteroatoms. The second kappa shape index (κ2) is 6.24. The van der Waals surface area contributed by atoms with Gasteiger partial charge < -0.3 is 5.11 Å². The molecule has 0 aliphatic rings. The van der Waals surface area contributed by atoms with Crippen molar-refractivity contribution >= 4 is 63.6 Å². The maximum absolute atomic E-state index is 12.3. The van der Waals surface area contributed by atoms with E-state index in [0.29, 0.717) is 5.56 Å². The molecular formula is C11H11Br3O4S. The number of carboxylic acids is 1. The number of carbonyl (C=O) groups is 1. The molecule has 1 aromatic rings. The van der Waals surface area contributed by atoms with Crippen LogP contribution in [0, 0.1) is 5.92 Å². The van der Waals surface area contributed by atoms with Gasteiger partial charge >= 0.3 is 5.97 Å². The Hall–Kier alpha value is 0.0800. The summed E-state index contributed by atoms with van der Waals surface area (Å²) in [7, 11) is -3.72. The van der Waals surface area contributed by atoms with Crippen molar-refractivity contribution in [2.45, 2.75) is 19.7 Å². The van der Waals surface area contributed by atoms with E-state index in [4.69, 9.17) is 5.11 Å². The van der Waals surface area contributed by atoms with Gasteiger partial charge in [-0.3, -0.25) is 4.79 Å². The lowest BCUT2D eigenvalue weighted by molar-refractivity contribution is -0.141. The summed E-state index contributed by atoms with van der Waals surface area (Å²) in [5.41, 5.74) is 0.472. The number of sulfone groups is 1. The Bertz CT molecular complexity index is 578. The van der Waals surface area contributed by atoms with Crippen molar-refractivity contribution < 1.29 is 18.3 Å². The molecule has 1 atom stereocenters. The summed E-state index contributed by atoms with van der Waals surface area (Å²) in [6, 6.07) is 6.35. The van der Waals surface area contributed by atoms with E-state index in [2.05, 4.69) is 47.8 Å². The predicted molar refractivity (Wildman–Crippen MR) is 83.6 cm³/mol. The first-order chi connectivity index (χ1) is 8.57. The largest absolute Gasteiger partial charge is 0.481 e. The zero-order chi connectivity index (χ0) is 14.8. The Kier molecular flexibility index (Phi) is 5.62. The summed E-state index contributed by atoms with van der Waals surface area (Å²) >= 11 is 8.99. The summed E-state index contributed by atoms with van der Waals surface area (Å²) in [4.78, 5) is 11.0. The third-order valence-electron chi connectivity index (χ3n) is 2.51. The maximum atomic E-state index is 12.3. The van der Waals surface area contributed by atoms with Crippen LogP contribution in [0.15, 0.2) is 29.2 Å². The molecule has 0 aliphatic carbocycles. The van der Waals surface area contributed by atoms with Crippen LogP contribution < -0.4 is 0 Å². The van der Waals surface area contributed by atoms with Crippen molar-refractivity contribution in [3.05, 3.63) is 29.8 Å². The zero-order valence-electron chi connectivity index (χ0n) is 9.81. The molecule has 0 saturated heterocycles. The van der Waals surface area contributed by atoms with Gasteiger partial charge in [0.2, 0.25) is 11.3 Å². The van der Waals surface area contributed by atoms with Gasteiger partial charge in [-0.15, -0.1) is 0 Å². The van der Waals surface area contributed by atoms with Gasteiger partial charge in [0.1, 0.15) is 0 Å². The van der Waals surface area contributed by atoms with Crippen LogP contribution >= 0.6 is 47.8 Å². The SMILES string of the molecule is CC(Cc1ccccc1S(=O)(=O)C(Br)(Br)Br)C(=O)O. The number of hydrogen-bond acceptors (Lipinski definition) is 3. The molecule has 0 amide bonds. The van der Waals surface area contributed by atoms with Crippen molar-refractivity contribution in [3.8, 4) is 0 Å². The fraction of sp³-hybridized carbons (Fsp3) is 0.364. The van der Waals surface area contributed by atoms with E-state index >= 15 is 0 Å². The average Bonchev–Trinajstić information content (AvgIpc) is 2.27. The summed E-state index contributed by atoms with van der Waals surface area (Å²) in [5.74, 6) is -1.62. The van der Waals surface area contributed by atoms with E-state index in [0.717, 1.165) is 0 Å². The topological polar surface area (TPSA) is 71.4 Å². The van der Waals surface area contributed by atoms with Gasteiger partial charge in [-0.05, 0) is 65.8 Å². The van der Waals surface area contributed by atoms with E-state index in [-0.39, 0.29) is 11.3 Å². The van der Waals surface area contributed by atoms with Crippen LogP contribution in [0.3, 0.4) is 0 Å². The van der Waals surface area contributed by atoms with Crippen LogP contribution in [0.2, 0.25) is 0 Å². The summed E-state index contributed by atoms with van der Waals surface area (Å²) in [5, 5.41) is 8.92. The van der Waals surface area contributed by atoms with Crippen LogP contribution in [0.1, 0.15) is 12.5 Å². The number of hydrogen-bond donors (Lipinski definition) is 1. The second-order valence-electron chi connectivity index (χ2n) is 4.00. The van der Waals surface area contributed by atoms with E-state index in [9.17, 15) is 13.2 Å². The Balaban J connectivity index is 3.28. The van der Waals surface area contributed by atoms with E-state index in [1.165, 1.54) is 13.0 Å². The highest BCUT2D eigenvalue weighted by Gasteiger charge is 2.38. The van der Waals surface area contributed by atoms with Gasteiger partial charge in [0.05, 0.1) is 10.8 Å². The van der Waals surface area contributed by atoms with E-state index < -0.39 is 23.2 Å². The second-order valence-corrected chi connectivity index (χ2v) is 14.4. The molecule has 0 spiro atoms. The Morgan fingerprint density at radius 3 is 2.32 bits per heavy atom. The quantitative estimate of drug-likeness (QED) is 0.672. The Morgan fingerprint density at radius 2 is 1.84 bits per heavy atom. The summed E-state index contributed by atoms with van der Waals surface area (Å²) in [6.07, 6.45) is 0.147. The molecule has 0 aliphatic heterocycles. The molecule has 19 heavy (non-hydrogen) atoms. The van der Waals surface area contributed by atoms with Gasteiger partial charge in [0.15, 0.2) is 0 Å². The minimum absolute atomic E-state index is 0.0914. The third kappa shape index (κ3) is 4.03. The van der Waals surface area contributed by atoms with Gasteiger partial charge in [-0.1, -0.05) is 25.1 Å². The monoisotopic (exact) mass is 476 g/mol. The summed E-state index contributed by atoms with van der Waals surface area (Å²) in [6.45, 7) is 1.54. The van der Waals surface area contributed by atoms with Crippen LogP contribution in [-0.2, 0) is 21.1 Å². The number of halogens is 3. The van der Waals surface area contributed by atoms with Gasteiger partial charge in [0, 0.05) is 0 Å². The zero-order valence-corrected chi connectivity index (χ0v) is 15.4. The lowest BCUT2D eigenvalue weighted by Gasteiger charge is -2.17. The molecular weight excluding hydrogens is 468 g/mol. The fourth-order valence-corrected chi connectivity index (χ4v) is 4.05. The van der Waals surface area contributed by atoms with Crippen LogP contribution in [-0.4, -0.2) is 21.0 Å². The van der Waals surface area contributed by atoms with Crippen LogP contribution in [0.5, 0.6) is 0 Å². The molecule has 106 valence electrons. The number of aliphatic carboxylic acids is 1. The first-order valence-electron chi connectivity index (χ1n) is 5.19. The smallest absolute Gasteiger partial charge is 0.306 e. The Morgan fingerprint density at radius 1 is 1.32 bits per heavy atom. The van der Waals surface area contributed by atoms with Crippen LogP contribution in [0.4, 0.5) is 0 Å². The molecule has 0 saturated carbocycles. The number of carboxylic acid groups (broad SMARTS) is 1. The minimum atomic E-state index is -3.72. The van der Waals surface area contributed by atoms with E-state index in [1.54, 1.807) is 18.2 Å². The average molecular weight is 479 g/mol. The van der Waals surface area contributed by atoms with Crippen molar-refractivity contribution in [1.29, 1.82) is 0 Å². The van der Waals surface area contributed by atoms with Gasteiger partial charge in [0.25, 0.3) is 0 Å². The molecule has 4 nitrogen and oxygen atoms in total. The molecule has 1 unspecified atom stereocenters. The molecule has 0 aromatic heterocycles. The van der Waals surface area contributed by atoms with Crippen LogP contribution in [0.25, 0.3) is 0 Å². The number of benzene rings is 1. The molecule has 0 radical (unpaired) electrons. The molecule has 0 fully saturated rings. The summed E-state index contributed by atoms with van der Waals surface area (Å²) < 4.78 is 23.2.